The van der Waals surface area contributed by atoms with Gasteiger partial charge in [-0.05, 0) is 164 Å². The van der Waals surface area contributed by atoms with Crippen LogP contribution in [0.25, 0.3) is 44.5 Å². The number of hydrogen-bond acceptors (Lipinski definition) is 0. The van der Waals surface area contributed by atoms with Crippen LogP contribution in [0.3, 0.4) is 0 Å². The van der Waals surface area contributed by atoms with E-state index < -0.39 is 0 Å². The molecule has 0 amide bonds. The molecule has 2 aliphatic carbocycles. The Morgan fingerprint density at radius 3 is 1.64 bits per heavy atom. The molecule has 70 heavy (non-hydrogen) atoms. The second kappa shape index (κ2) is 27.6. The fourth-order valence-corrected chi connectivity index (χ4v) is 8.98. The quantitative estimate of drug-likeness (QED) is 0.146. The first-order chi connectivity index (χ1) is 33.6. The SMILES string of the molecule is CC.CC.CC(/C=C\C(C)C)=C(/C)c1ccccc1C.CC1=C(c2ccc(-c3cccc(-c4cccc(C)c4)c3)cc2C)C=CCC1.Cc1ccc2c(c1)-c1ccccc1C2(C)C.Cc1ccccc1. The molecule has 2 aliphatic rings. The fourth-order valence-electron chi connectivity index (χ4n) is 8.98. The van der Waals surface area contributed by atoms with Gasteiger partial charge in [-0.25, -0.2) is 0 Å². The van der Waals surface area contributed by atoms with Crippen LogP contribution in [0, 0.1) is 40.5 Å². The Morgan fingerprint density at radius 2 is 1.04 bits per heavy atom. The lowest BCUT2D eigenvalue weighted by Gasteiger charge is -2.21. The number of benzene rings is 7. The van der Waals surface area contributed by atoms with Gasteiger partial charge in [0.05, 0.1) is 0 Å². The number of rotatable bonds is 6. The highest BCUT2D eigenvalue weighted by Crippen LogP contribution is 2.48. The summed E-state index contributed by atoms with van der Waals surface area (Å²) in [5.74, 6) is 0.611. The third-order valence-corrected chi connectivity index (χ3v) is 13.0. The van der Waals surface area contributed by atoms with E-state index in [2.05, 4.69) is 253 Å². The minimum atomic E-state index is 0.152. The van der Waals surface area contributed by atoms with Gasteiger partial charge in [0.2, 0.25) is 0 Å². The van der Waals surface area contributed by atoms with E-state index in [1.807, 2.05) is 45.9 Å². The van der Waals surface area contributed by atoms with Crippen molar-refractivity contribution in [3.05, 3.63) is 249 Å². The molecule has 0 spiro atoms. The lowest BCUT2D eigenvalue weighted by Crippen LogP contribution is -2.14. The van der Waals surface area contributed by atoms with Crippen molar-refractivity contribution in [2.75, 3.05) is 0 Å². The average Bonchev–Trinajstić information content (AvgIpc) is 3.60. The Balaban J connectivity index is 0.000000214. The second-order valence-electron chi connectivity index (χ2n) is 19.2. The van der Waals surface area contributed by atoms with Gasteiger partial charge < -0.3 is 0 Å². The normalized spacial score (nSPS) is 13.0. The molecule has 0 fully saturated rings. The molecule has 0 atom stereocenters. The predicted molar refractivity (Wildman–Crippen MR) is 314 cm³/mol. The molecule has 0 N–H and O–H groups in total. The van der Waals surface area contributed by atoms with Gasteiger partial charge in [0.1, 0.15) is 0 Å². The molecule has 0 unspecified atom stereocenters. The van der Waals surface area contributed by atoms with Crippen LogP contribution in [0.1, 0.15) is 139 Å². The highest BCUT2D eigenvalue weighted by molar-refractivity contribution is 5.83. The minimum absolute atomic E-state index is 0.152. The van der Waals surface area contributed by atoms with Crippen molar-refractivity contribution in [3.63, 3.8) is 0 Å². The van der Waals surface area contributed by atoms with E-state index in [-0.39, 0.29) is 5.41 Å². The van der Waals surface area contributed by atoms with E-state index in [0.29, 0.717) is 5.92 Å². The van der Waals surface area contributed by atoms with Crippen molar-refractivity contribution in [2.45, 2.75) is 129 Å². The van der Waals surface area contributed by atoms with Crippen LogP contribution in [0.5, 0.6) is 0 Å². The molecule has 0 aromatic heterocycles. The highest BCUT2D eigenvalue weighted by Gasteiger charge is 2.34. The molecule has 364 valence electrons. The molecule has 0 bridgehead atoms. The van der Waals surface area contributed by atoms with Crippen LogP contribution < -0.4 is 0 Å². The maximum atomic E-state index is 2.33. The molecule has 9 rings (SSSR count). The Bertz CT molecular complexity index is 2870. The Kier molecular flexibility index (Phi) is 22.1. The third kappa shape index (κ3) is 15.2. The molecular formula is C70H84. The van der Waals surface area contributed by atoms with Crippen molar-refractivity contribution >= 4 is 11.1 Å². The number of allylic oxidation sites excluding steroid dienone is 8. The van der Waals surface area contributed by atoms with Crippen molar-refractivity contribution < 1.29 is 0 Å². The standard InChI is InChI=1S/C27H26.C16H16.C16H22.C7H8.2C2H6/c1-19-8-6-10-22(16-19)23-11-7-12-24(18-23)25-14-15-27(21(3)17-25)26-13-5-4-9-20(26)2;1-11-8-9-15-13(10-11)12-6-4-5-7-14(12)16(15,2)3;1-12(2)10-11-13(3)15(5)16-9-7-6-8-14(16)4;1-7-5-3-2-4-6-7;2*1-2/h5-8,10-18H,4,9H2,1-3H3;4-10H,1-3H3;6-12H,1-5H3;2-6H,1H3;2*1-2H3/b;;11-10-,15-13+;;;. The Hall–Kier alpha value is -6.50. The van der Waals surface area contributed by atoms with Gasteiger partial charge >= 0.3 is 0 Å². The van der Waals surface area contributed by atoms with Gasteiger partial charge in [0.25, 0.3) is 0 Å². The molecule has 0 radical (unpaired) electrons. The van der Waals surface area contributed by atoms with Crippen molar-refractivity contribution in [3.8, 4) is 33.4 Å². The van der Waals surface area contributed by atoms with Crippen LogP contribution in [0.4, 0.5) is 0 Å². The van der Waals surface area contributed by atoms with Gasteiger partial charge in [-0.15, -0.1) is 0 Å². The Labute approximate surface area is 426 Å². The first kappa shape index (κ1) is 56.1. The minimum Gasteiger partial charge on any atom is -0.0836 e. The summed E-state index contributed by atoms with van der Waals surface area (Å²) < 4.78 is 0. The van der Waals surface area contributed by atoms with E-state index >= 15 is 0 Å². The highest BCUT2D eigenvalue weighted by atomic mass is 14.4. The van der Waals surface area contributed by atoms with Gasteiger partial charge in [0.15, 0.2) is 0 Å². The first-order valence-electron chi connectivity index (χ1n) is 25.9. The Morgan fingerprint density at radius 1 is 0.486 bits per heavy atom. The molecule has 7 aromatic rings. The van der Waals surface area contributed by atoms with E-state index in [9.17, 15) is 0 Å². The molecular weight excluding hydrogens is 841 g/mol. The smallest absolute Gasteiger partial charge is 0.0158 e. The lowest BCUT2D eigenvalue weighted by atomic mass is 9.82. The molecule has 0 nitrogen and oxygen atoms in total. The summed E-state index contributed by atoms with van der Waals surface area (Å²) in [6, 6.07) is 58.8. The van der Waals surface area contributed by atoms with Crippen LogP contribution >= 0.6 is 0 Å². The molecule has 0 heterocycles. The maximum absolute atomic E-state index is 2.33. The largest absolute Gasteiger partial charge is 0.0836 e. The number of aryl methyl sites for hydroxylation is 5. The second-order valence-corrected chi connectivity index (χ2v) is 19.2. The number of fused-ring (bicyclic) bond motifs is 3. The zero-order valence-electron chi connectivity index (χ0n) is 45.9. The van der Waals surface area contributed by atoms with Gasteiger partial charge in [-0.2, -0.15) is 0 Å². The summed E-state index contributed by atoms with van der Waals surface area (Å²) in [6.07, 6.45) is 11.4. The first-order valence-corrected chi connectivity index (χ1v) is 25.9. The van der Waals surface area contributed by atoms with Crippen molar-refractivity contribution in [1.82, 2.24) is 0 Å². The summed E-state index contributed by atoms with van der Waals surface area (Å²) in [4.78, 5) is 0. The van der Waals surface area contributed by atoms with Crippen LogP contribution in [-0.4, -0.2) is 0 Å². The van der Waals surface area contributed by atoms with E-state index in [4.69, 9.17) is 0 Å². The molecule has 0 saturated carbocycles. The summed E-state index contributed by atoms with van der Waals surface area (Å²) in [7, 11) is 0. The van der Waals surface area contributed by atoms with Gasteiger partial charge in [-0.1, -0.05) is 260 Å². The van der Waals surface area contributed by atoms with E-state index in [1.165, 1.54) is 112 Å². The van der Waals surface area contributed by atoms with Crippen LogP contribution in [0.2, 0.25) is 0 Å². The predicted octanol–water partition coefficient (Wildman–Crippen LogP) is 21.1. The van der Waals surface area contributed by atoms with Gasteiger partial charge in [-0.3, -0.25) is 0 Å². The number of hydrogen-bond donors (Lipinski definition) is 0. The molecule has 0 heteroatoms. The maximum Gasteiger partial charge on any atom is 0.0158 e. The van der Waals surface area contributed by atoms with E-state index in [0.717, 1.165) is 6.42 Å². The summed E-state index contributed by atoms with van der Waals surface area (Å²) in [5.41, 5.74) is 26.0. The van der Waals surface area contributed by atoms with Crippen molar-refractivity contribution in [1.29, 1.82) is 0 Å². The molecule has 0 aliphatic heterocycles. The molecule has 0 saturated heterocycles. The van der Waals surface area contributed by atoms with Crippen LogP contribution in [0.15, 0.2) is 199 Å². The lowest BCUT2D eigenvalue weighted by molar-refractivity contribution is 0.660. The van der Waals surface area contributed by atoms with E-state index in [1.54, 1.807) is 0 Å². The fraction of sp³-hybridized carbons (Fsp3) is 0.286. The van der Waals surface area contributed by atoms with Crippen molar-refractivity contribution in [2.24, 2.45) is 5.92 Å². The zero-order chi connectivity index (χ0) is 51.4. The average molecular weight is 925 g/mol. The monoisotopic (exact) mass is 925 g/mol. The topological polar surface area (TPSA) is 0 Å². The summed E-state index contributed by atoms with van der Waals surface area (Å²) in [6.45, 7) is 34.4. The van der Waals surface area contributed by atoms with Gasteiger partial charge in [0, 0.05) is 5.41 Å². The zero-order valence-corrected chi connectivity index (χ0v) is 45.9. The van der Waals surface area contributed by atoms with Crippen LogP contribution in [-0.2, 0) is 5.41 Å². The summed E-state index contributed by atoms with van der Waals surface area (Å²) >= 11 is 0. The summed E-state index contributed by atoms with van der Waals surface area (Å²) in [5, 5.41) is 0. The third-order valence-electron chi connectivity index (χ3n) is 13.0. The molecule has 7 aromatic carbocycles.